The number of benzene rings is 7. The lowest BCUT2D eigenvalue weighted by Crippen LogP contribution is -1.98. The minimum atomic E-state index is 0.865. The van der Waals surface area contributed by atoms with Gasteiger partial charge in [0.1, 0.15) is 28.2 Å². The molecule has 0 aliphatic rings. The van der Waals surface area contributed by atoms with Crippen LogP contribution in [0.5, 0.6) is 0 Å². The number of furan rings is 2. The SMILES string of the molecule is c1ccc2c(-c3nc4ccccc4n3-c3ccc(-c4ccc5oc6cc7c(cc6c5c4)oc4ccccc47)cc3)cccc2c1. The molecule has 10 aromatic rings. The number of para-hydroxylation sites is 3. The molecule has 0 N–H and O–H groups in total. The van der Waals surface area contributed by atoms with E-state index in [9.17, 15) is 0 Å². The maximum Gasteiger partial charge on any atom is 0.146 e. The summed E-state index contributed by atoms with van der Waals surface area (Å²) in [6.07, 6.45) is 0. The highest BCUT2D eigenvalue weighted by atomic mass is 16.3. The summed E-state index contributed by atoms with van der Waals surface area (Å²) in [5, 5.41) is 6.70. The van der Waals surface area contributed by atoms with Crippen LogP contribution in [0.2, 0.25) is 0 Å². The second-order valence-electron chi connectivity index (χ2n) is 11.6. The molecule has 4 heteroatoms. The maximum atomic E-state index is 6.31. The van der Waals surface area contributed by atoms with Gasteiger partial charge < -0.3 is 8.83 Å². The normalized spacial score (nSPS) is 12.0. The fourth-order valence-corrected chi connectivity index (χ4v) is 6.87. The first kappa shape index (κ1) is 24.3. The van der Waals surface area contributed by atoms with E-state index in [2.05, 4.69) is 126 Å². The molecule has 0 aliphatic heterocycles. The van der Waals surface area contributed by atoms with E-state index in [-0.39, 0.29) is 0 Å². The Morgan fingerprint density at radius 1 is 0.444 bits per heavy atom. The minimum absolute atomic E-state index is 0.865. The molecular formula is C41H24N2O2. The zero-order valence-electron chi connectivity index (χ0n) is 24.1. The van der Waals surface area contributed by atoms with Gasteiger partial charge in [0, 0.05) is 32.8 Å². The van der Waals surface area contributed by atoms with Crippen molar-refractivity contribution in [3.63, 3.8) is 0 Å². The van der Waals surface area contributed by atoms with Crippen LogP contribution in [0.4, 0.5) is 0 Å². The molecule has 4 nitrogen and oxygen atoms in total. The Labute approximate surface area is 257 Å². The smallest absolute Gasteiger partial charge is 0.146 e. The van der Waals surface area contributed by atoms with Gasteiger partial charge in [-0.05, 0) is 76.5 Å². The molecule has 0 atom stereocenters. The highest BCUT2D eigenvalue weighted by molar-refractivity contribution is 6.15. The topological polar surface area (TPSA) is 44.1 Å². The number of nitrogens with zero attached hydrogens (tertiary/aromatic N) is 2. The second kappa shape index (κ2) is 9.18. The van der Waals surface area contributed by atoms with Crippen LogP contribution in [-0.2, 0) is 0 Å². The first-order chi connectivity index (χ1) is 22.3. The fourth-order valence-electron chi connectivity index (χ4n) is 6.87. The van der Waals surface area contributed by atoms with Gasteiger partial charge in [-0.25, -0.2) is 4.98 Å². The Morgan fingerprint density at radius 3 is 1.96 bits per heavy atom. The first-order valence-electron chi connectivity index (χ1n) is 15.1. The molecule has 7 aromatic carbocycles. The Morgan fingerprint density at radius 2 is 1.09 bits per heavy atom. The zero-order chi connectivity index (χ0) is 29.5. The highest BCUT2D eigenvalue weighted by Gasteiger charge is 2.17. The van der Waals surface area contributed by atoms with Gasteiger partial charge in [0.25, 0.3) is 0 Å². The first-order valence-corrected chi connectivity index (χ1v) is 15.1. The Bertz CT molecular complexity index is 2760. The van der Waals surface area contributed by atoms with Crippen molar-refractivity contribution in [3.05, 3.63) is 146 Å². The third kappa shape index (κ3) is 3.63. The third-order valence-corrected chi connectivity index (χ3v) is 9.02. The summed E-state index contributed by atoms with van der Waals surface area (Å²) >= 11 is 0. The maximum absolute atomic E-state index is 6.31. The van der Waals surface area contributed by atoms with Gasteiger partial charge in [-0.1, -0.05) is 91.0 Å². The van der Waals surface area contributed by atoms with E-state index in [1.807, 2.05) is 24.3 Å². The summed E-state index contributed by atoms with van der Waals surface area (Å²) in [7, 11) is 0. The number of aromatic nitrogens is 2. The van der Waals surface area contributed by atoms with E-state index in [1.54, 1.807) is 0 Å². The lowest BCUT2D eigenvalue weighted by molar-refractivity contribution is 0.664. The van der Waals surface area contributed by atoms with E-state index in [0.29, 0.717) is 0 Å². The van der Waals surface area contributed by atoms with E-state index in [1.165, 1.54) is 10.8 Å². The number of fused-ring (bicyclic) bond motifs is 8. The van der Waals surface area contributed by atoms with Crippen molar-refractivity contribution in [1.82, 2.24) is 9.55 Å². The van der Waals surface area contributed by atoms with Crippen molar-refractivity contribution in [2.24, 2.45) is 0 Å². The van der Waals surface area contributed by atoms with E-state index >= 15 is 0 Å². The molecule has 0 saturated carbocycles. The lowest BCUT2D eigenvalue weighted by atomic mass is 10.0. The molecule has 0 aliphatic carbocycles. The Kier molecular flexibility index (Phi) is 4.96. The number of hydrogen-bond acceptors (Lipinski definition) is 3. The van der Waals surface area contributed by atoms with Gasteiger partial charge in [0.05, 0.1) is 11.0 Å². The molecule has 0 saturated heterocycles. The quantitative estimate of drug-likeness (QED) is 0.210. The summed E-state index contributed by atoms with van der Waals surface area (Å²) in [5.41, 5.74) is 9.99. The average molecular weight is 577 g/mol. The fraction of sp³-hybridized carbons (Fsp3) is 0. The molecule has 3 aromatic heterocycles. The van der Waals surface area contributed by atoms with E-state index < -0.39 is 0 Å². The summed E-state index contributed by atoms with van der Waals surface area (Å²) in [5.74, 6) is 0.934. The van der Waals surface area contributed by atoms with Crippen LogP contribution >= 0.6 is 0 Å². The van der Waals surface area contributed by atoms with Crippen LogP contribution < -0.4 is 0 Å². The van der Waals surface area contributed by atoms with Gasteiger partial charge in [-0.2, -0.15) is 0 Å². The zero-order valence-corrected chi connectivity index (χ0v) is 24.1. The molecule has 0 amide bonds. The van der Waals surface area contributed by atoms with Crippen LogP contribution in [0.3, 0.4) is 0 Å². The van der Waals surface area contributed by atoms with Crippen LogP contribution in [0.25, 0.3) is 93.9 Å². The number of hydrogen-bond donors (Lipinski definition) is 0. The monoisotopic (exact) mass is 576 g/mol. The average Bonchev–Trinajstić information content (AvgIpc) is 3.77. The van der Waals surface area contributed by atoms with E-state index in [4.69, 9.17) is 13.8 Å². The predicted molar refractivity (Wildman–Crippen MR) is 184 cm³/mol. The lowest BCUT2D eigenvalue weighted by Gasteiger charge is -2.12. The third-order valence-electron chi connectivity index (χ3n) is 9.02. The second-order valence-corrected chi connectivity index (χ2v) is 11.6. The molecule has 10 rings (SSSR count). The summed E-state index contributed by atoms with van der Waals surface area (Å²) in [6, 6.07) is 50.8. The Balaban J connectivity index is 1.10. The predicted octanol–water partition coefficient (Wildman–Crippen LogP) is 11.3. The summed E-state index contributed by atoms with van der Waals surface area (Å²) in [6.45, 7) is 0. The largest absolute Gasteiger partial charge is 0.456 e. The van der Waals surface area contributed by atoms with E-state index in [0.717, 1.165) is 83.1 Å². The van der Waals surface area contributed by atoms with Crippen molar-refractivity contribution >= 4 is 65.7 Å². The molecule has 0 bridgehead atoms. The Hall–Kier alpha value is -6.13. The molecule has 210 valence electrons. The molecule has 0 fully saturated rings. The molecule has 45 heavy (non-hydrogen) atoms. The van der Waals surface area contributed by atoms with Gasteiger partial charge in [0.2, 0.25) is 0 Å². The molecule has 0 spiro atoms. The number of imidazole rings is 1. The van der Waals surface area contributed by atoms with Gasteiger partial charge in [-0.3, -0.25) is 4.57 Å². The molecule has 3 heterocycles. The van der Waals surface area contributed by atoms with Crippen molar-refractivity contribution in [3.8, 4) is 28.2 Å². The highest BCUT2D eigenvalue weighted by Crippen LogP contribution is 2.39. The summed E-state index contributed by atoms with van der Waals surface area (Å²) < 4.78 is 14.8. The standard InChI is InChI=1S/C41H24N2O2/c1-2-10-29-26(8-1)9-7-12-31(29)41-42-35-13-4-5-14-36(35)43(41)28-19-16-25(17-20-28)27-18-21-38-32(22-27)34-24-39-33(23-40(34)45-38)30-11-3-6-15-37(30)44-39/h1-24H. The number of rotatable bonds is 3. The van der Waals surface area contributed by atoms with Gasteiger partial charge in [0.15, 0.2) is 0 Å². The van der Waals surface area contributed by atoms with Crippen LogP contribution in [-0.4, -0.2) is 9.55 Å². The molecule has 0 radical (unpaired) electrons. The summed E-state index contributed by atoms with van der Waals surface area (Å²) in [4.78, 5) is 5.13. The van der Waals surface area contributed by atoms with Crippen LogP contribution in [0.1, 0.15) is 0 Å². The van der Waals surface area contributed by atoms with Crippen LogP contribution in [0, 0.1) is 0 Å². The molecule has 0 unspecified atom stereocenters. The van der Waals surface area contributed by atoms with Gasteiger partial charge in [-0.15, -0.1) is 0 Å². The minimum Gasteiger partial charge on any atom is -0.456 e. The van der Waals surface area contributed by atoms with Crippen molar-refractivity contribution in [1.29, 1.82) is 0 Å². The van der Waals surface area contributed by atoms with Crippen molar-refractivity contribution in [2.45, 2.75) is 0 Å². The van der Waals surface area contributed by atoms with Gasteiger partial charge >= 0.3 is 0 Å². The van der Waals surface area contributed by atoms with Crippen molar-refractivity contribution < 1.29 is 8.83 Å². The molecular weight excluding hydrogens is 552 g/mol. The van der Waals surface area contributed by atoms with Crippen molar-refractivity contribution in [2.75, 3.05) is 0 Å². The van der Waals surface area contributed by atoms with Crippen LogP contribution in [0.15, 0.2) is 154 Å².